The van der Waals surface area contributed by atoms with Crippen molar-refractivity contribution in [3.8, 4) is 5.75 Å². The number of nitrogens with one attached hydrogen (secondary N) is 1. The molecule has 0 saturated heterocycles. The maximum absolute atomic E-state index is 5.63. The molecule has 0 radical (unpaired) electrons. The van der Waals surface area contributed by atoms with Crippen molar-refractivity contribution in [1.29, 1.82) is 0 Å². The van der Waals surface area contributed by atoms with Gasteiger partial charge in [0.1, 0.15) is 5.75 Å². The molecule has 0 aliphatic heterocycles. The summed E-state index contributed by atoms with van der Waals surface area (Å²) in [6.07, 6.45) is 4.05. The van der Waals surface area contributed by atoms with Gasteiger partial charge in [0.25, 0.3) is 0 Å². The molecule has 16 heavy (non-hydrogen) atoms. The smallest absolute Gasteiger partial charge is 0.119 e. The van der Waals surface area contributed by atoms with Gasteiger partial charge in [0.15, 0.2) is 0 Å². The monoisotopic (exact) mass is 219 g/mol. The second-order valence-electron chi connectivity index (χ2n) is 3.75. The summed E-state index contributed by atoms with van der Waals surface area (Å²) in [5.41, 5.74) is 0. The summed E-state index contributed by atoms with van der Waals surface area (Å²) in [6.45, 7) is 7.73. The Bertz CT molecular complexity index is 284. The maximum atomic E-state index is 5.63. The van der Waals surface area contributed by atoms with Gasteiger partial charge in [-0.2, -0.15) is 0 Å². The summed E-state index contributed by atoms with van der Waals surface area (Å²) in [5.74, 6) is 0.931. The van der Waals surface area contributed by atoms with E-state index in [-0.39, 0.29) is 0 Å². The van der Waals surface area contributed by atoms with Crippen molar-refractivity contribution in [1.82, 2.24) is 5.32 Å². The van der Waals surface area contributed by atoms with E-state index in [1.165, 1.54) is 0 Å². The predicted octanol–water partition coefficient (Wildman–Crippen LogP) is 3.01. The van der Waals surface area contributed by atoms with Gasteiger partial charge in [-0.3, -0.25) is 0 Å². The molecular weight excluding hydrogens is 198 g/mol. The minimum absolute atomic E-state index is 0.351. The Balaban J connectivity index is 2.20. The Morgan fingerprint density at radius 3 is 2.75 bits per heavy atom. The van der Waals surface area contributed by atoms with Gasteiger partial charge in [-0.15, -0.1) is 6.58 Å². The van der Waals surface area contributed by atoms with Crippen molar-refractivity contribution in [2.24, 2.45) is 0 Å². The quantitative estimate of drug-likeness (QED) is 0.679. The van der Waals surface area contributed by atoms with Gasteiger partial charge in [-0.25, -0.2) is 0 Å². The fourth-order valence-corrected chi connectivity index (χ4v) is 1.45. The van der Waals surface area contributed by atoms with E-state index in [1.807, 2.05) is 36.4 Å². The van der Waals surface area contributed by atoms with Crippen LogP contribution in [0.3, 0.4) is 0 Å². The van der Waals surface area contributed by atoms with Gasteiger partial charge in [-0.1, -0.05) is 31.2 Å². The summed E-state index contributed by atoms with van der Waals surface area (Å²) in [7, 11) is 0. The molecule has 0 amide bonds. The van der Waals surface area contributed by atoms with E-state index in [0.717, 1.165) is 31.7 Å². The van der Waals surface area contributed by atoms with E-state index >= 15 is 0 Å². The van der Waals surface area contributed by atoms with Crippen molar-refractivity contribution < 1.29 is 4.74 Å². The molecule has 1 atom stereocenters. The average molecular weight is 219 g/mol. The lowest BCUT2D eigenvalue weighted by molar-refractivity contribution is 0.296. The van der Waals surface area contributed by atoms with Crippen molar-refractivity contribution in [3.63, 3.8) is 0 Å². The molecule has 0 spiro atoms. The number of hydrogen-bond acceptors (Lipinski definition) is 2. The molecule has 1 aromatic rings. The first-order chi connectivity index (χ1) is 7.86. The van der Waals surface area contributed by atoms with Crippen LogP contribution in [0.2, 0.25) is 0 Å². The van der Waals surface area contributed by atoms with E-state index in [2.05, 4.69) is 18.8 Å². The van der Waals surface area contributed by atoms with Gasteiger partial charge < -0.3 is 10.1 Å². The Morgan fingerprint density at radius 1 is 1.38 bits per heavy atom. The number of rotatable bonds is 8. The van der Waals surface area contributed by atoms with E-state index < -0.39 is 0 Å². The Kier molecular flexibility index (Phi) is 6.35. The molecule has 88 valence electrons. The van der Waals surface area contributed by atoms with E-state index in [9.17, 15) is 0 Å². The highest BCUT2D eigenvalue weighted by Gasteiger charge is 2.02. The van der Waals surface area contributed by atoms with Gasteiger partial charge in [-0.05, 0) is 25.1 Å². The zero-order valence-corrected chi connectivity index (χ0v) is 9.99. The maximum Gasteiger partial charge on any atom is 0.119 e. The van der Waals surface area contributed by atoms with Gasteiger partial charge in [0.2, 0.25) is 0 Å². The highest BCUT2D eigenvalue weighted by molar-refractivity contribution is 5.20. The van der Waals surface area contributed by atoms with Crippen LogP contribution in [0, 0.1) is 0 Å². The third-order valence-corrected chi connectivity index (χ3v) is 2.38. The van der Waals surface area contributed by atoms with Crippen LogP contribution in [0.4, 0.5) is 0 Å². The lowest BCUT2D eigenvalue weighted by Gasteiger charge is -2.14. The Labute approximate surface area is 98.3 Å². The summed E-state index contributed by atoms with van der Waals surface area (Å²) in [4.78, 5) is 0. The zero-order valence-electron chi connectivity index (χ0n) is 9.99. The molecule has 2 heteroatoms. The summed E-state index contributed by atoms with van der Waals surface area (Å²) in [6, 6.07) is 10.3. The molecule has 0 bridgehead atoms. The lowest BCUT2D eigenvalue weighted by atomic mass is 10.2. The van der Waals surface area contributed by atoms with Gasteiger partial charge in [0, 0.05) is 12.5 Å². The topological polar surface area (TPSA) is 21.3 Å². The number of hydrogen-bond donors (Lipinski definition) is 1. The Hall–Kier alpha value is -1.28. The second kappa shape index (κ2) is 7.94. The summed E-state index contributed by atoms with van der Waals surface area (Å²) in [5, 5.41) is 3.41. The van der Waals surface area contributed by atoms with Crippen LogP contribution < -0.4 is 10.1 Å². The van der Waals surface area contributed by atoms with E-state index in [4.69, 9.17) is 4.74 Å². The van der Waals surface area contributed by atoms with Crippen molar-refractivity contribution in [2.45, 2.75) is 25.8 Å². The summed E-state index contributed by atoms with van der Waals surface area (Å²) >= 11 is 0. The van der Waals surface area contributed by atoms with Crippen LogP contribution in [0.25, 0.3) is 0 Å². The third-order valence-electron chi connectivity index (χ3n) is 2.38. The van der Waals surface area contributed by atoms with Crippen molar-refractivity contribution in [3.05, 3.63) is 43.0 Å². The minimum Gasteiger partial charge on any atom is -0.494 e. The van der Waals surface area contributed by atoms with Gasteiger partial charge >= 0.3 is 0 Å². The van der Waals surface area contributed by atoms with Crippen molar-refractivity contribution in [2.75, 3.05) is 13.2 Å². The number of para-hydroxylation sites is 1. The second-order valence-corrected chi connectivity index (χ2v) is 3.75. The van der Waals surface area contributed by atoms with E-state index in [1.54, 1.807) is 0 Å². The molecule has 0 fully saturated rings. The molecule has 0 aliphatic carbocycles. The van der Waals surface area contributed by atoms with Gasteiger partial charge in [0.05, 0.1) is 6.61 Å². The van der Waals surface area contributed by atoms with Crippen LogP contribution in [-0.4, -0.2) is 19.2 Å². The first kappa shape index (κ1) is 12.8. The normalized spacial score (nSPS) is 12.1. The first-order valence-corrected chi connectivity index (χ1v) is 5.90. The molecule has 0 saturated carbocycles. The zero-order chi connectivity index (χ0) is 11.6. The predicted molar refractivity (Wildman–Crippen MR) is 68.8 cm³/mol. The molecule has 1 N–H and O–H groups in total. The molecule has 2 nitrogen and oxygen atoms in total. The van der Waals surface area contributed by atoms with Crippen LogP contribution in [0.1, 0.15) is 19.8 Å². The van der Waals surface area contributed by atoms with Crippen LogP contribution in [0.5, 0.6) is 5.75 Å². The highest BCUT2D eigenvalue weighted by atomic mass is 16.5. The summed E-state index contributed by atoms with van der Waals surface area (Å²) < 4.78 is 5.63. The molecule has 0 heterocycles. The fourth-order valence-electron chi connectivity index (χ4n) is 1.45. The molecule has 1 rings (SSSR count). The number of ether oxygens (including phenoxy) is 1. The molecule has 0 aliphatic rings. The molecule has 1 unspecified atom stereocenters. The molecular formula is C14H21NO. The van der Waals surface area contributed by atoms with Crippen LogP contribution in [0.15, 0.2) is 43.0 Å². The standard InChI is InChI=1S/C14H21NO/c1-3-11-15-13(4-2)10-12-16-14-8-6-5-7-9-14/h4-9,13,15H,2-3,10-12H2,1H3. The minimum atomic E-state index is 0.351. The highest BCUT2D eigenvalue weighted by Crippen LogP contribution is 2.08. The average Bonchev–Trinajstić information content (AvgIpc) is 2.35. The van der Waals surface area contributed by atoms with Crippen LogP contribution in [-0.2, 0) is 0 Å². The largest absolute Gasteiger partial charge is 0.494 e. The lowest BCUT2D eigenvalue weighted by Crippen LogP contribution is -2.29. The number of benzene rings is 1. The van der Waals surface area contributed by atoms with E-state index in [0.29, 0.717) is 6.04 Å². The third kappa shape index (κ3) is 4.99. The first-order valence-electron chi connectivity index (χ1n) is 5.90. The molecule has 0 aromatic heterocycles. The SMILES string of the molecule is C=CC(CCOc1ccccc1)NCCC. The fraction of sp³-hybridized carbons (Fsp3) is 0.429. The van der Waals surface area contributed by atoms with Crippen LogP contribution >= 0.6 is 0 Å². The molecule has 1 aromatic carbocycles. The van der Waals surface area contributed by atoms with Crippen molar-refractivity contribution >= 4 is 0 Å². The Morgan fingerprint density at radius 2 is 2.12 bits per heavy atom.